The summed E-state index contributed by atoms with van der Waals surface area (Å²) in [5.74, 6) is -0.173. The summed E-state index contributed by atoms with van der Waals surface area (Å²) in [6.45, 7) is 10.5. The molecule has 5 nitrogen and oxygen atoms in total. The zero-order chi connectivity index (χ0) is 18.6. The fourth-order valence-electron chi connectivity index (χ4n) is 2.26. The van der Waals surface area contributed by atoms with Crippen LogP contribution >= 0.6 is 11.3 Å². The Balaban J connectivity index is 2.24. The van der Waals surface area contributed by atoms with Crippen LogP contribution in [0.25, 0.3) is 0 Å². The number of nitrogens with one attached hydrogen (secondary N) is 1. The van der Waals surface area contributed by atoms with Gasteiger partial charge in [-0.05, 0) is 37.6 Å². The molecular weight excluding hydrogens is 334 g/mol. The number of aromatic nitrogens is 1. The van der Waals surface area contributed by atoms with E-state index in [1.165, 1.54) is 11.3 Å². The van der Waals surface area contributed by atoms with Gasteiger partial charge in [0.1, 0.15) is 5.00 Å². The van der Waals surface area contributed by atoms with Crippen molar-refractivity contribution in [3.63, 3.8) is 0 Å². The normalized spacial score (nSPS) is 11.2. The van der Waals surface area contributed by atoms with E-state index < -0.39 is 5.41 Å². The lowest BCUT2D eigenvalue weighted by molar-refractivity contribution is -0.123. The first-order valence-electron chi connectivity index (χ1n) is 8.32. The van der Waals surface area contributed by atoms with E-state index in [0.29, 0.717) is 23.7 Å². The van der Waals surface area contributed by atoms with Crippen LogP contribution in [0.4, 0.5) is 5.00 Å². The largest absolute Gasteiger partial charge is 0.335 e. The first kappa shape index (κ1) is 19.1. The maximum atomic E-state index is 13.0. The number of pyridine rings is 1. The molecule has 0 fully saturated rings. The van der Waals surface area contributed by atoms with E-state index >= 15 is 0 Å². The van der Waals surface area contributed by atoms with E-state index in [0.717, 1.165) is 10.4 Å². The number of hydrogen-bond acceptors (Lipinski definition) is 4. The third-order valence-corrected chi connectivity index (χ3v) is 4.75. The molecule has 0 aliphatic heterocycles. The average molecular weight is 359 g/mol. The molecule has 0 radical (unpaired) electrons. The molecule has 0 aliphatic carbocycles. The molecule has 0 aliphatic rings. The standard InChI is InChI=1S/C19H25N3O2S/c1-6-22(12-14-7-9-20-10-8-14)17(23)15-11-13(2)25-16(15)21-18(24)19(3,4)5/h7-11H,6,12H2,1-5H3,(H,21,24). The third kappa shape index (κ3) is 4.89. The van der Waals surface area contributed by atoms with Crippen LogP contribution in [0.5, 0.6) is 0 Å². The number of rotatable bonds is 5. The number of hydrogen-bond donors (Lipinski definition) is 1. The topological polar surface area (TPSA) is 62.3 Å². The molecule has 25 heavy (non-hydrogen) atoms. The highest BCUT2D eigenvalue weighted by Gasteiger charge is 2.26. The SMILES string of the molecule is CCN(Cc1ccncc1)C(=O)c1cc(C)sc1NC(=O)C(C)(C)C. The van der Waals surface area contributed by atoms with Crippen molar-refractivity contribution in [1.82, 2.24) is 9.88 Å². The van der Waals surface area contributed by atoms with E-state index in [1.54, 1.807) is 17.3 Å². The summed E-state index contributed by atoms with van der Waals surface area (Å²) in [7, 11) is 0. The van der Waals surface area contributed by atoms with E-state index in [2.05, 4.69) is 10.3 Å². The van der Waals surface area contributed by atoms with Gasteiger partial charge in [-0.3, -0.25) is 14.6 Å². The molecule has 2 amide bonds. The number of carbonyl (C=O) groups is 2. The molecule has 0 saturated heterocycles. The molecule has 2 aromatic heterocycles. The summed E-state index contributed by atoms with van der Waals surface area (Å²) in [6, 6.07) is 5.65. The molecule has 0 aromatic carbocycles. The number of thiophene rings is 1. The molecule has 1 N–H and O–H groups in total. The van der Waals surface area contributed by atoms with Gasteiger partial charge in [0.25, 0.3) is 5.91 Å². The highest BCUT2D eigenvalue weighted by molar-refractivity contribution is 7.16. The minimum atomic E-state index is -0.514. The first-order chi connectivity index (χ1) is 11.7. The van der Waals surface area contributed by atoms with Crippen LogP contribution in [0.1, 0.15) is 48.5 Å². The number of carbonyl (C=O) groups excluding carboxylic acids is 2. The molecule has 0 saturated carbocycles. The van der Waals surface area contributed by atoms with Gasteiger partial charge in [-0.1, -0.05) is 20.8 Å². The molecule has 0 unspecified atom stereocenters. The van der Waals surface area contributed by atoms with Crippen molar-refractivity contribution in [1.29, 1.82) is 0 Å². The van der Waals surface area contributed by atoms with Gasteiger partial charge in [-0.25, -0.2) is 0 Å². The van der Waals surface area contributed by atoms with Crippen molar-refractivity contribution in [3.05, 3.63) is 46.6 Å². The van der Waals surface area contributed by atoms with Crippen molar-refractivity contribution >= 4 is 28.2 Å². The number of amides is 2. The molecule has 0 atom stereocenters. The second kappa shape index (κ2) is 7.78. The summed E-state index contributed by atoms with van der Waals surface area (Å²) in [6.07, 6.45) is 3.44. The zero-order valence-corrected chi connectivity index (χ0v) is 16.2. The Morgan fingerprint density at radius 2 is 1.88 bits per heavy atom. The Hall–Kier alpha value is -2.21. The van der Waals surface area contributed by atoms with Gasteiger partial charge in [0.05, 0.1) is 5.56 Å². The molecule has 134 valence electrons. The maximum absolute atomic E-state index is 13.0. The van der Waals surface area contributed by atoms with Gasteiger partial charge >= 0.3 is 0 Å². The van der Waals surface area contributed by atoms with Gasteiger partial charge in [-0.15, -0.1) is 11.3 Å². The summed E-state index contributed by atoms with van der Waals surface area (Å²) >= 11 is 1.43. The monoisotopic (exact) mass is 359 g/mol. The smallest absolute Gasteiger partial charge is 0.257 e. The fourth-order valence-corrected chi connectivity index (χ4v) is 3.16. The zero-order valence-electron chi connectivity index (χ0n) is 15.4. The van der Waals surface area contributed by atoms with Crippen LogP contribution in [0.15, 0.2) is 30.6 Å². The Kier molecular flexibility index (Phi) is 5.95. The number of nitrogens with zero attached hydrogens (tertiary/aromatic N) is 2. The highest BCUT2D eigenvalue weighted by Crippen LogP contribution is 2.30. The second-order valence-electron chi connectivity index (χ2n) is 6.98. The quantitative estimate of drug-likeness (QED) is 0.874. The molecule has 2 aromatic rings. The summed E-state index contributed by atoms with van der Waals surface area (Å²) < 4.78 is 0. The van der Waals surface area contributed by atoms with Gasteiger partial charge in [0.2, 0.25) is 5.91 Å². The Bertz CT molecular complexity index is 748. The lowest BCUT2D eigenvalue weighted by Gasteiger charge is -2.22. The fraction of sp³-hybridized carbons (Fsp3) is 0.421. The van der Waals surface area contributed by atoms with Crippen LogP contribution in [0.3, 0.4) is 0 Å². The summed E-state index contributed by atoms with van der Waals surface area (Å²) in [4.78, 5) is 32.1. The Morgan fingerprint density at radius 1 is 1.24 bits per heavy atom. The molecule has 6 heteroatoms. The van der Waals surface area contributed by atoms with Gasteiger partial charge < -0.3 is 10.2 Å². The van der Waals surface area contributed by atoms with Crippen molar-refractivity contribution in [2.75, 3.05) is 11.9 Å². The van der Waals surface area contributed by atoms with E-state index in [4.69, 9.17) is 0 Å². The van der Waals surface area contributed by atoms with E-state index in [1.807, 2.05) is 52.8 Å². The molecule has 2 heterocycles. The minimum absolute atomic E-state index is 0.0760. The minimum Gasteiger partial charge on any atom is -0.335 e. The first-order valence-corrected chi connectivity index (χ1v) is 9.14. The van der Waals surface area contributed by atoms with Crippen LogP contribution in [0, 0.1) is 12.3 Å². The van der Waals surface area contributed by atoms with Crippen LogP contribution in [-0.4, -0.2) is 28.2 Å². The van der Waals surface area contributed by atoms with Crippen molar-refractivity contribution in [2.24, 2.45) is 5.41 Å². The molecule has 0 bridgehead atoms. The van der Waals surface area contributed by atoms with Crippen LogP contribution < -0.4 is 5.32 Å². The average Bonchev–Trinajstić information content (AvgIpc) is 2.92. The predicted octanol–water partition coefficient (Wildman–Crippen LogP) is 4.10. The molecule has 0 spiro atoms. The highest BCUT2D eigenvalue weighted by atomic mass is 32.1. The van der Waals surface area contributed by atoms with Gasteiger partial charge in [0, 0.05) is 35.8 Å². The Labute approximate surface area is 153 Å². The van der Waals surface area contributed by atoms with Crippen LogP contribution in [-0.2, 0) is 11.3 Å². The van der Waals surface area contributed by atoms with Gasteiger partial charge in [0.15, 0.2) is 0 Å². The van der Waals surface area contributed by atoms with Crippen molar-refractivity contribution in [2.45, 2.75) is 41.2 Å². The lowest BCUT2D eigenvalue weighted by Crippen LogP contribution is -2.32. The van der Waals surface area contributed by atoms with E-state index in [-0.39, 0.29) is 11.8 Å². The predicted molar refractivity (Wildman–Crippen MR) is 102 cm³/mol. The van der Waals surface area contributed by atoms with Crippen molar-refractivity contribution in [3.8, 4) is 0 Å². The third-order valence-electron chi connectivity index (χ3n) is 3.79. The van der Waals surface area contributed by atoms with E-state index in [9.17, 15) is 9.59 Å². The second-order valence-corrected chi connectivity index (χ2v) is 8.24. The number of aryl methyl sites for hydroxylation is 1. The lowest BCUT2D eigenvalue weighted by atomic mass is 9.96. The maximum Gasteiger partial charge on any atom is 0.257 e. The van der Waals surface area contributed by atoms with Gasteiger partial charge in [-0.2, -0.15) is 0 Å². The Morgan fingerprint density at radius 3 is 2.44 bits per heavy atom. The number of anilines is 1. The summed E-state index contributed by atoms with van der Waals surface area (Å²) in [5.41, 5.74) is 1.06. The summed E-state index contributed by atoms with van der Waals surface area (Å²) in [5, 5.41) is 3.54. The molecular formula is C19H25N3O2S. The molecule has 2 rings (SSSR count). The van der Waals surface area contributed by atoms with Crippen LogP contribution in [0.2, 0.25) is 0 Å². The van der Waals surface area contributed by atoms with Crippen molar-refractivity contribution < 1.29 is 9.59 Å².